The van der Waals surface area contributed by atoms with Gasteiger partial charge in [0.2, 0.25) is 5.16 Å². The second-order valence-corrected chi connectivity index (χ2v) is 6.17. The van der Waals surface area contributed by atoms with Crippen LogP contribution in [0.3, 0.4) is 0 Å². The van der Waals surface area contributed by atoms with Gasteiger partial charge in [-0.3, -0.25) is 10.1 Å². The number of tetrazole rings is 1. The number of rotatable bonds is 5. The molecule has 0 aliphatic heterocycles. The standard InChI is InChI=1S/C11H10BrN5O2S/c12-10-7(2-1-3-9(10)17(18)19)6-20-11-13-14-15-16(11)8-4-5-8/h1-3,8H,4-6H2. The van der Waals surface area contributed by atoms with E-state index in [2.05, 4.69) is 31.5 Å². The highest BCUT2D eigenvalue weighted by Crippen LogP contribution is 2.38. The molecule has 1 aliphatic rings. The average Bonchev–Trinajstić information content (AvgIpc) is 3.16. The fourth-order valence-corrected chi connectivity index (χ4v) is 3.46. The van der Waals surface area contributed by atoms with Crippen LogP contribution in [0.15, 0.2) is 27.8 Å². The van der Waals surface area contributed by atoms with Crippen molar-refractivity contribution in [2.75, 3.05) is 0 Å². The number of halogens is 1. The minimum absolute atomic E-state index is 0.0740. The molecule has 0 N–H and O–H groups in total. The summed E-state index contributed by atoms with van der Waals surface area (Å²) in [6.07, 6.45) is 2.22. The molecule has 7 nitrogen and oxygen atoms in total. The molecule has 1 aliphatic carbocycles. The largest absolute Gasteiger partial charge is 0.283 e. The normalized spacial score (nSPS) is 14.4. The first-order chi connectivity index (χ1) is 9.66. The summed E-state index contributed by atoms with van der Waals surface area (Å²) in [5.41, 5.74) is 0.930. The summed E-state index contributed by atoms with van der Waals surface area (Å²) >= 11 is 4.78. The van der Waals surface area contributed by atoms with E-state index >= 15 is 0 Å². The topological polar surface area (TPSA) is 86.7 Å². The van der Waals surface area contributed by atoms with Crippen LogP contribution >= 0.6 is 27.7 Å². The van der Waals surface area contributed by atoms with Crippen molar-refractivity contribution in [3.63, 3.8) is 0 Å². The van der Waals surface area contributed by atoms with Crippen LogP contribution in [0.5, 0.6) is 0 Å². The smallest absolute Gasteiger partial charge is 0.258 e. The SMILES string of the molecule is O=[N+]([O-])c1cccc(CSc2nnnn2C2CC2)c1Br. The van der Waals surface area contributed by atoms with Crippen LogP contribution in [-0.2, 0) is 5.75 Å². The van der Waals surface area contributed by atoms with Crippen molar-refractivity contribution in [1.29, 1.82) is 0 Å². The number of aromatic nitrogens is 4. The van der Waals surface area contributed by atoms with E-state index in [-0.39, 0.29) is 5.69 Å². The van der Waals surface area contributed by atoms with Gasteiger partial charge in [0.05, 0.1) is 15.4 Å². The van der Waals surface area contributed by atoms with E-state index in [1.807, 2.05) is 10.7 Å². The highest BCUT2D eigenvalue weighted by Gasteiger charge is 2.28. The number of hydrogen-bond acceptors (Lipinski definition) is 6. The molecule has 1 fully saturated rings. The summed E-state index contributed by atoms with van der Waals surface area (Å²) in [5, 5.41) is 23.3. The van der Waals surface area contributed by atoms with E-state index in [0.717, 1.165) is 23.6 Å². The van der Waals surface area contributed by atoms with E-state index in [1.165, 1.54) is 17.8 Å². The summed E-state index contributed by atoms with van der Waals surface area (Å²) < 4.78 is 2.35. The van der Waals surface area contributed by atoms with Crippen LogP contribution in [-0.4, -0.2) is 25.1 Å². The number of nitrogens with zero attached hydrogens (tertiary/aromatic N) is 5. The lowest BCUT2D eigenvalue weighted by Gasteiger charge is -2.05. The molecular weight excluding hydrogens is 346 g/mol. The Kier molecular flexibility index (Phi) is 3.70. The third kappa shape index (κ3) is 2.68. The highest BCUT2D eigenvalue weighted by atomic mass is 79.9. The highest BCUT2D eigenvalue weighted by molar-refractivity contribution is 9.10. The fourth-order valence-electron chi connectivity index (χ4n) is 1.79. The van der Waals surface area contributed by atoms with E-state index < -0.39 is 4.92 Å². The summed E-state index contributed by atoms with van der Waals surface area (Å²) in [6, 6.07) is 5.44. The van der Waals surface area contributed by atoms with Crippen LogP contribution in [0.2, 0.25) is 0 Å². The number of nitro groups is 1. The molecule has 0 spiro atoms. The van der Waals surface area contributed by atoms with Gasteiger partial charge < -0.3 is 0 Å². The number of benzene rings is 1. The lowest BCUT2D eigenvalue weighted by atomic mass is 10.2. The Morgan fingerprint density at radius 3 is 3.00 bits per heavy atom. The molecule has 1 saturated carbocycles. The van der Waals surface area contributed by atoms with E-state index in [1.54, 1.807) is 6.07 Å². The maximum atomic E-state index is 10.9. The Balaban J connectivity index is 1.76. The number of hydrogen-bond donors (Lipinski definition) is 0. The predicted molar refractivity (Wildman–Crippen MR) is 76.4 cm³/mol. The zero-order valence-corrected chi connectivity index (χ0v) is 12.7. The first kappa shape index (κ1) is 13.5. The summed E-state index contributed by atoms with van der Waals surface area (Å²) in [5.74, 6) is 0.579. The Morgan fingerprint density at radius 2 is 2.30 bits per heavy atom. The number of nitro benzene ring substituents is 1. The second kappa shape index (κ2) is 5.49. The van der Waals surface area contributed by atoms with Crippen LogP contribution in [0, 0.1) is 10.1 Å². The second-order valence-electron chi connectivity index (χ2n) is 4.43. The van der Waals surface area contributed by atoms with Gasteiger partial charge in [0, 0.05) is 11.8 Å². The Morgan fingerprint density at radius 1 is 1.50 bits per heavy atom. The van der Waals surface area contributed by atoms with Crippen LogP contribution in [0.25, 0.3) is 0 Å². The zero-order chi connectivity index (χ0) is 14.1. The van der Waals surface area contributed by atoms with Crippen molar-refractivity contribution in [1.82, 2.24) is 20.2 Å². The molecule has 0 atom stereocenters. The first-order valence-electron chi connectivity index (χ1n) is 5.99. The molecule has 0 unspecified atom stereocenters. The van der Waals surface area contributed by atoms with Crippen LogP contribution < -0.4 is 0 Å². The molecule has 1 aromatic carbocycles. The van der Waals surface area contributed by atoms with Gasteiger partial charge in [0.15, 0.2) is 0 Å². The van der Waals surface area contributed by atoms with Gasteiger partial charge in [0.25, 0.3) is 5.69 Å². The Bertz CT molecular complexity index is 658. The molecular formula is C11H10BrN5O2S. The lowest BCUT2D eigenvalue weighted by Crippen LogP contribution is -1.99. The maximum absolute atomic E-state index is 10.9. The fraction of sp³-hybridized carbons (Fsp3) is 0.364. The van der Waals surface area contributed by atoms with Crippen molar-refractivity contribution in [2.45, 2.75) is 29.8 Å². The minimum atomic E-state index is -0.396. The van der Waals surface area contributed by atoms with Crippen LogP contribution in [0.4, 0.5) is 5.69 Å². The monoisotopic (exact) mass is 355 g/mol. The predicted octanol–water partition coefficient (Wildman–Crippen LogP) is 2.97. The van der Waals surface area contributed by atoms with E-state index in [0.29, 0.717) is 16.3 Å². The Hall–Kier alpha value is -1.48. The molecule has 1 aromatic heterocycles. The third-order valence-electron chi connectivity index (χ3n) is 2.97. The minimum Gasteiger partial charge on any atom is -0.258 e. The number of thioether (sulfide) groups is 1. The van der Waals surface area contributed by atoms with Crippen LogP contribution in [0.1, 0.15) is 24.4 Å². The molecule has 3 rings (SSSR count). The van der Waals surface area contributed by atoms with Crippen molar-refractivity contribution in [3.8, 4) is 0 Å². The quantitative estimate of drug-likeness (QED) is 0.465. The van der Waals surface area contributed by atoms with Gasteiger partial charge in [-0.1, -0.05) is 23.9 Å². The first-order valence-corrected chi connectivity index (χ1v) is 7.77. The molecule has 104 valence electrons. The van der Waals surface area contributed by atoms with Gasteiger partial charge in [0.1, 0.15) is 0 Å². The van der Waals surface area contributed by atoms with Crippen molar-refractivity contribution < 1.29 is 4.92 Å². The zero-order valence-electron chi connectivity index (χ0n) is 10.3. The van der Waals surface area contributed by atoms with Gasteiger partial charge in [-0.05, 0) is 44.8 Å². The molecule has 9 heteroatoms. The van der Waals surface area contributed by atoms with Gasteiger partial charge >= 0.3 is 0 Å². The third-order valence-corrected chi connectivity index (χ3v) is 4.86. The van der Waals surface area contributed by atoms with Crippen molar-refractivity contribution in [2.24, 2.45) is 0 Å². The molecule has 20 heavy (non-hydrogen) atoms. The summed E-state index contributed by atoms with van der Waals surface area (Å²) in [4.78, 5) is 10.5. The molecule has 2 aromatic rings. The van der Waals surface area contributed by atoms with Gasteiger partial charge in [-0.2, -0.15) is 0 Å². The molecule has 0 amide bonds. The molecule has 0 bridgehead atoms. The lowest BCUT2D eigenvalue weighted by molar-refractivity contribution is -0.385. The summed E-state index contributed by atoms with van der Waals surface area (Å²) in [7, 11) is 0. The van der Waals surface area contributed by atoms with Gasteiger partial charge in [-0.15, -0.1) is 5.10 Å². The van der Waals surface area contributed by atoms with E-state index in [4.69, 9.17) is 0 Å². The Labute approximate surface area is 127 Å². The molecule has 0 radical (unpaired) electrons. The molecule has 1 heterocycles. The van der Waals surface area contributed by atoms with Crippen molar-refractivity contribution in [3.05, 3.63) is 38.3 Å². The van der Waals surface area contributed by atoms with Crippen molar-refractivity contribution >= 4 is 33.4 Å². The average molecular weight is 356 g/mol. The van der Waals surface area contributed by atoms with E-state index in [9.17, 15) is 10.1 Å². The molecule has 0 saturated heterocycles. The summed E-state index contributed by atoms with van der Waals surface area (Å²) in [6.45, 7) is 0. The van der Waals surface area contributed by atoms with Gasteiger partial charge in [-0.25, -0.2) is 4.68 Å². The maximum Gasteiger partial charge on any atom is 0.283 e.